The molecule has 0 fully saturated rings. The van der Waals surface area contributed by atoms with Crippen LogP contribution >= 0.6 is 24.0 Å². The summed E-state index contributed by atoms with van der Waals surface area (Å²) < 4.78 is 65.6. The van der Waals surface area contributed by atoms with Gasteiger partial charge in [0.2, 0.25) is 10.0 Å². The van der Waals surface area contributed by atoms with E-state index in [9.17, 15) is 17.2 Å². The number of hydrogen-bond acceptors (Lipinski definition) is 5. The molecule has 6 nitrogen and oxygen atoms in total. The molecule has 1 unspecified atom stereocenters. The molecular weight excluding hydrogens is 497 g/mol. The van der Waals surface area contributed by atoms with Gasteiger partial charge in [-0.15, -0.1) is 12.4 Å². The van der Waals surface area contributed by atoms with E-state index in [2.05, 4.69) is 15.7 Å². The summed E-state index contributed by atoms with van der Waals surface area (Å²) in [6, 6.07) is 3.59. The van der Waals surface area contributed by atoms with Crippen LogP contribution in [0.4, 0.5) is 8.78 Å². The normalized spacial score (nSPS) is 17.4. The molecule has 0 radical (unpaired) electrons. The largest absolute Gasteiger partial charge is 0.493 e. The van der Waals surface area contributed by atoms with Crippen molar-refractivity contribution in [1.29, 1.82) is 0 Å². The van der Waals surface area contributed by atoms with Crippen LogP contribution in [0.3, 0.4) is 0 Å². The minimum absolute atomic E-state index is 0. The van der Waals surface area contributed by atoms with Crippen LogP contribution in [0.25, 0.3) is 0 Å². The van der Waals surface area contributed by atoms with Gasteiger partial charge in [-0.1, -0.05) is 11.6 Å². The lowest BCUT2D eigenvalue weighted by molar-refractivity contribution is 0.184. The standard InChI is InChI=1S/C22H25ClF2N2O4S.ClH/c1-30-19-10-13-6-9-27(18-5-4-14(21(13)18)22(19)31-2)8-3-7-26-32(28,29)20-11-15(23)16(24)12-17(20)25;/h10-12,18,26H,3-9H2,1-2H3;1H. The highest BCUT2D eigenvalue weighted by Gasteiger charge is 2.36. The number of methoxy groups -OCH3 is 2. The number of benzene rings is 2. The van der Waals surface area contributed by atoms with Crippen LogP contribution in [0, 0.1) is 11.6 Å². The molecule has 1 atom stereocenters. The zero-order valence-electron chi connectivity index (χ0n) is 18.3. The number of nitrogens with one attached hydrogen (secondary N) is 1. The minimum Gasteiger partial charge on any atom is -0.493 e. The van der Waals surface area contributed by atoms with Crippen LogP contribution < -0.4 is 14.2 Å². The summed E-state index contributed by atoms with van der Waals surface area (Å²) in [4.78, 5) is 1.70. The summed E-state index contributed by atoms with van der Waals surface area (Å²) in [5, 5.41) is -0.442. The van der Waals surface area contributed by atoms with Gasteiger partial charge in [0, 0.05) is 37.3 Å². The van der Waals surface area contributed by atoms with E-state index in [0.717, 1.165) is 43.4 Å². The van der Waals surface area contributed by atoms with E-state index in [1.165, 1.54) is 16.7 Å². The van der Waals surface area contributed by atoms with Crippen molar-refractivity contribution in [2.24, 2.45) is 0 Å². The summed E-state index contributed by atoms with van der Waals surface area (Å²) in [5.41, 5.74) is 3.78. The van der Waals surface area contributed by atoms with Gasteiger partial charge in [-0.2, -0.15) is 0 Å². The van der Waals surface area contributed by atoms with Crippen molar-refractivity contribution >= 4 is 34.0 Å². The minimum atomic E-state index is -4.13. The molecule has 0 aromatic heterocycles. The van der Waals surface area contributed by atoms with E-state index >= 15 is 0 Å². The number of rotatable bonds is 8. The van der Waals surface area contributed by atoms with Gasteiger partial charge >= 0.3 is 0 Å². The molecule has 4 rings (SSSR count). The van der Waals surface area contributed by atoms with Gasteiger partial charge in [-0.3, -0.25) is 4.90 Å². The maximum atomic E-state index is 13.9. The van der Waals surface area contributed by atoms with Crippen LogP contribution in [-0.2, 0) is 22.9 Å². The Bertz CT molecular complexity index is 1150. The second-order valence-corrected chi connectivity index (χ2v) is 10.1. The molecule has 0 bridgehead atoms. The average Bonchev–Trinajstić information content (AvgIpc) is 3.21. The molecule has 2 aromatic rings. The van der Waals surface area contributed by atoms with Gasteiger partial charge in [0.15, 0.2) is 11.5 Å². The van der Waals surface area contributed by atoms with Crippen LogP contribution in [-0.4, -0.2) is 47.2 Å². The van der Waals surface area contributed by atoms with E-state index in [1.54, 1.807) is 14.2 Å². The SMILES string of the molecule is COc1cc2c3c(c1OC)CCC3N(CCCNS(=O)(=O)c1cc(Cl)c(F)cc1F)CC2.Cl. The third kappa shape index (κ3) is 4.93. The Balaban J connectivity index is 0.00000306. The quantitative estimate of drug-likeness (QED) is 0.414. The summed E-state index contributed by atoms with van der Waals surface area (Å²) in [6.45, 7) is 1.68. The predicted octanol–water partition coefficient (Wildman–Crippen LogP) is 4.27. The number of ether oxygens (including phenoxy) is 2. The van der Waals surface area contributed by atoms with Gasteiger partial charge in [0.05, 0.1) is 19.2 Å². The van der Waals surface area contributed by atoms with Crippen molar-refractivity contribution in [1.82, 2.24) is 9.62 Å². The number of sulfonamides is 1. The maximum Gasteiger partial charge on any atom is 0.243 e. The Labute approximate surface area is 203 Å². The average molecular weight is 523 g/mol. The van der Waals surface area contributed by atoms with Crippen molar-refractivity contribution in [2.45, 2.75) is 36.6 Å². The fraction of sp³-hybridized carbons (Fsp3) is 0.455. The predicted molar refractivity (Wildman–Crippen MR) is 124 cm³/mol. The molecule has 182 valence electrons. The van der Waals surface area contributed by atoms with E-state index in [-0.39, 0.29) is 25.0 Å². The Hall–Kier alpha value is -1.65. The molecule has 0 saturated heterocycles. The molecule has 1 heterocycles. The zero-order chi connectivity index (χ0) is 23.0. The van der Waals surface area contributed by atoms with Crippen molar-refractivity contribution in [2.75, 3.05) is 33.9 Å². The first kappa shape index (κ1) is 26.0. The molecular formula is C22H26Cl2F2N2O4S. The molecule has 0 amide bonds. The van der Waals surface area contributed by atoms with Gasteiger partial charge in [0.1, 0.15) is 16.5 Å². The summed E-state index contributed by atoms with van der Waals surface area (Å²) >= 11 is 5.62. The monoisotopic (exact) mass is 522 g/mol. The first-order chi connectivity index (χ1) is 15.3. The van der Waals surface area contributed by atoms with Gasteiger partial charge < -0.3 is 9.47 Å². The fourth-order valence-corrected chi connectivity index (χ4v) is 6.15. The summed E-state index contributed by atoms with van der Waals surface area (Å²) in [5.74, 6) is -0.616. The maximum absolute atomic E-state index is 13.9. The molecule has 1 N–H and O–H groups in total. The van der Waals surface area contributed by atoms with Crippen LogP contribution in [0.5, 0.6) is 11.5 Å². The van der Waals surface area contributed by atoms with Crippen molar-refractivity contribution < 1.29 is 26.7 Å². The highest BCUT2D eigenvalue weighted by Crippen LogP contribution is 2.48. The smallest absolute Gasteiger partial charge is 0.243 e. The van der Waals surface area contributed by atoms with Crippen LogP contribution in [0.15, 0.2) is 23.1 Å². The van der Waals surface area contributed by atoms with Crippen molar-refractivity contribution in [3.05, 3.63) is 51.5 Å². The zero-order valence-corrected chi connectivity index (χ0v) is 20.7. The van der Waals surface area contributed by atoms with Gasteiger partial charge in [0.25, 0.3) is 0 Å². The van der Waals surface area contributed by atoms with Crippen LogP contribution in [0.1, 0.15) is 35.6 Å². The second-order valence-electron chi connectivity index (χ2n) is 7.95. The number of hydrogen-bond donors (Lipinski definition) is 1. The molecule has 11 heteroatoms. The Morgan fingerprint density at radius 2 is 1.91 bits per heavy atom. The van der Waals surface area contributed by atoms with Crippen molar-refractivity contribution in [3.63, 3.8) is 0 Å². The highest BCUT2D eigenvalue weighted by molar-refractivity contribution is 7.89. The third-order valence-electron chi connectivity index (χ3n) is 6.19. The Morgan fingerprint density at radius 3 is 2.61 bits per heavy atom. The molecule has 33 heavy (non-hydrogen) atoms. The topological polar surface area (TPSA) is 67.9 Å². The Morgan fingerprint density at radius 1 is 1.15 bits per heavy atom. The summed E-state index contributed by atoms with van der Waals surface area (Å²) in [6.07, 6.45) is 3.30. The van der Waals surface area contributed by atoms with E-state index < -0.39 is 31.6 Å². The van der Waals surface area contributed by atoms with Crippen LogP contribution in [0.2, 0.25) is 5.02 Å². The second kappa shape index (κ2) is 10.3. The summed E-state index contributed by atoms with van der Waals surface area (Å²) in [7, 11) is -0.838. The van der Waals surface area contributed by atoms with E-state index in [0.29, 0.717) is 19.0 Å². The fourth-order valence-electron chi connectivity index (χ4n) is 4.77. The van der Waals surface area contributed by atoms with Crippen molar-refractivity contribution in [3.8, 4) is 11.5 Å². The molecule has 0 spiro atoms. The lowest BCUT2D eigenvalue weighted by Crippen LogP contribution is -2.36. The molecule has 1 aliphatic carbocycles. The Kier molecular flexibility index (Phi) is 8.11. The van der Waals surface area contributed by atoms with Gasteiger partial charge in [-0.25, -0.2) is 21.9 Å². The lowest BCUT2D eigenvalue weighted by atomic mass is 9.92. The van der Waals surface area contributed by atoms with E-state index in [4.69, 9.17) is 21.1 Å². The third-order valence-corrected chi connectivity index (χ3v) is 7.95. The highest BCUT2D eigenvalue weighted by atomic mass is 35.5. The lowest BCUT2D eigenvalue weighted by Gasteiger charge is -2.35. The molecule has 0 saturated carbocycles. The molecule has 2 aromatic carbocycles. The number of nitrogens with zero attached hydrogens (tertiary/aromatic N) is 1. The molecule has 1 aliphatic heterocycles. The first-order valence-corrected chi connectivity index (χ1v) is 12.3. The number of halogens is 4. The molecule has 2 aliphatic rings. The van der Waals surface area contributed by atoms with E-state index in [1.807, 2.05) is 0 Å². The first-order valence-electron chi connectivity index (χ1n) is 10.4. The van der Waals surface area contributed by atoms with Gasteiger partial charge in [-0.05, 0) is 48.9 Å².